The summed E-state index contributed by atoms with van der Waals surface area (Å²) in [6.07, 6.45) is 4.53. The van der Waals surface area contributed by atoms with Crippen LogP contribution in [0.2, 0.25) is 0 Å². The molecule has 1 aromatic heterocycles. The number of nitrogens with one attached hydrogen (secondary N) is 2. The van der Waals surface area contributed by atoms with E-state index in [9.17, 15) is 9.59 Å². The van der Waals surface area contributed by atoms with E-state index in [4.69, 9.17) is 0 Å². The van der Waals surface area contributed by atoms with Gasteiger partial charge in [0.05, 0.1) is 0 Å². The highest BCUT2D eigenvalue weighted by molar-refractivity contribution is 5.92. The van der Waals surface area contributed by atoms with Crippen molar-refractivity contribution in [3.63, 3.8) is 0 Å². The number of aryl methyl sites for hydroxylation is 1. The lowest BCUT2D eigenvalue weighted by Gasteiger charge is -2.28. The van der Waals surface area contributed by atoms with E-state index >= 15 is 0 Å². The van der Waals surface area contributed by atoms with Gasteiger partial charge in [0.2, 0.25) is 5.91 Å². The Bertz CT molecular complexity index is 1300. The SMILES string of the molecule is CCCCN(CC(=O)N(CCc1c[nH]c2ccccc12)Cc1ccccc1)C(=O)Nc1ccc(C)cc1. The van der Waals surface area contributed by atoms with Crippen molar-refractivity contribution in [3.8, 4) is 0 Å². The first kappa shape index (κ1) is 26.0. The molecular weight excluding hydrogens is 460 g/mol. The summed E-state index contributed by atoms with van der Waals surface area (Å²) in [5.74, 6) is -0.0566. The van der Waals surface area contributed by atoms with Gasteiger partial charge in [-0.05, 0) is 49.1 Å². The predicted octanol–water partition coefficient (Wildman–Crippen LogP) is 6.38. The topological polar surface area (TPSA) is 68.4 Å². The molecule has 0 aliphatic carbocycles. The number of fused-ring (bicyclic) bond motifs is 1. The van der Waals surface area contributed by atoms with Crippen LogP contribution in [0.25, 0.3) is 10.9 Å². The zero-order chi connectivity index (χ0) is 26.0. The number of para-hydroxylation sites is 1. The van der Waals surface area contributed by atoms with Gasteiger partial charge in [-0.25, -0.2) is 4.79 Å². The highest BCUT2D eigenvalue weighted by Gasteiger charge is 2.22. The van der Waals surface area contributed by atoms with Gasteiger partial charge in [-0.3, -0.25) is 4.79 Å². The summed E-state index contributed by atoms with van der Waals surface area (Å²) in [6.45, 7) is 5.73. The molecule has 4 aromatic rings. The van der Waals surface area contributed by atoms with Gasteiger partial charge in [-0.2, -0.15) is 0 Å². The molecule has 0 saturated carbocycles. The Hall–Kier alpha value is -4.06. The van der Waals surface area contributed by atoms with Gasteiger partial charge in [0.25, 0.3) is 0 Å². The first-order valence-corrected chi connectivity index (χ1v) is 13.0. The molecule has 0 atom stereocenters. The fourth-order valence-electron chi connectivity index (χ4n) is 4.39. The highest BCUT2D eigenvalue weighted by atomic mass is 16.2. The van der Waals surface area contributed by atoms with Crippen molar-refractivity contribution in [2.75, 3.05) is 25.0 Å². The second-order valence-corrected chi connectivity index (χ2v) is 9.48. The number of hydrogen-bond donors (Lipinski definition) is 2. The van der Waals surface area contributed by atoms with Gasteiger partial charge in [0.1, 0.15) is 6.54 Å². The number of unbranched alkanes of at least 4 members (excludes halogenated alkanes) is 1. The summed E-state index contributed by atoms with van der Waals surface area (Å²) in [6, 6.07) is 25.7. The largest absolute Gasteiger partial charge is 0.361 e. The fourth-order valence-corrected chi connectivity index (χ4v) is 4.39. The first-order chi connectivity index (χ1) is 18.0. The summed E-state index contributed by atoms with van der Waals surface area (Å²) in [7, 11) is 0. The van der Waals surface area contributed by atoms with Crippen LogP contribution < -0.4 is 5.32 Å². The van der Waals surface area contributed by atoms with E-state index in [0.717, 1.165) is 41.6 Å². The minimum absolute atomic E-state index is 0.0401. The number of anilines is 1. The number of H-pyrrole nitrogens is 1. The third-order valence-electron chi connectivity index (χ3n) is 6.59. The van der Waals surface area contributed by atoms with E-state index in [1.807, 2.05) is 84.8 Å². The van der Waals surface area contributed by atoms with Gasteiger partial charge in [0, 0.05) is 42.4 Å². The molecule has 0 aliphatic rings. The van der Waals surface area contributed by atoms with E-state index in [0.29, 0.717) is 19.6 Å². The monoisotopic (exact) mass is 496 g/mol. The molecule has 1 heterocycles. The molecule has 0 fully saturated rings. The summed E-state index contributed by atoms with van der Waals surface area (Å²) in [5, 5.41) is 4.14. The van der Waals surface area contributed by atoms with Gasteiger partial charge in [-0.1, -0.05) is 79.6 Å². The van der Waals surface area contributed by atoms with Crippen LogP contribution in [-0.4, -0.2) is 46.4 Å². The molecule has 6 nitrogen and oxygen atoms in total. The third kappa shape index (κ3) is 7.23. The van der Waals surface area contributed by atoms with E-state index in [-0.39, 0.29) is 18.5 Å². The Kier molecular flexibility index (Phi) is 8.98. The molecule has 192 valence electrons. The molecule has 0 bridgehead atoms. The Morgan fingerprint density at radius 3 is 2.35 bits per heavy atom. The number of urea groups is 1. The third-order valence-corrected chi connectivity index (χ3v) is 6.59. The van der Waals surface area contributed by atoms with E-state index in [1.54, 1.807) is 4.90 Å². The number of carbonyl (C=O) groups is 2. The second kappa shape index (κ2) is 12.8. The van der Waals surface area contributed by atoms with Crippen LogP contribution in [0.5, 0.6) is 0 Å². The number of rotatable bonds is 11. The molecule has 37 heavy (non-hydrogen) atoms. The fraction of sp³-hybridized carbons (Fsp3) is 0.290. The summed E-state index contributed by atoms with van der Waals surface area (Å²) in [5.41, 5.74) is 5.20. The molecule has 2 N–H and O–H groups in total. The number of carbonyl (C=O) groups excluding carboxylic acids is 2. The number of aromatic amines is 1. The minimum Gasteiger partial charge on any atom is -0.361 e. The first-order valence-electron chi connectivity index (χ1n) is 13.0. The zero-order valence-electron chi connectivity index (χ0n) is 21.7. The van der Waals surface area contributed by atoms with E-state index < -0.39 is 0 Å². The molecule has 0 unspecified atom stereocenters. The molecule has 0 aliphatic heterocycles. The molecule has 3 aromatic carbocycles. The van der Waals surface area contributed by atoms with Crippen molar-refractivity contribution in [3.05, 3.63) is 102 Å². The highest BCUT2D eigenvalue weighted by Crippen LogP contribution is 2.19. The lowest BCUT2D eigenvalue weighted by Crippen LogP contribution is -2.45. The van der Waals surface area contributed by atoms with Crippen molar-refractivity contribution in [1.82, 2.24) is 14.8 Å². The second-order valence-electron chi connectivity index (χ2n) is 9.48. The van der Waals surface area contributed by atoms with Crippen molar-refractivity contribution in [2.24, 2.45) is 0 Å². The van der Waals surface area contributed by atoms with Crippen molar-refractivity contribution in [2.45, 2.75) is 39.7 Å². The van der Waals surface area contributed by atoms with Crippen molar-refractivity contribution < 1.29 is 9.59 Å². The summed E-state index contributed by atoms with van der Waals surface area (Å²) < 4.78 is 0. The van der Waals surface area contributed by atoms with Crippen molar-refractivity contribution in [1.29, 1.82) is 0 Å². The van der Waals surface area contributed by atoms with E-state index in [1.165, 1.54) is 10.9 Å². The zero-order valence-corrected chi connectivity index (χ0v) is 21.7. The number of benzene rings is 3. The summed E-state index contributed by atoms with van der Waals surface area (Å²) in [4.78, 5) is 33.6. The quantitative estimate of drug-likeness (QED) is 0.253. The summed E-state index contributed by atoms with van der Waals surface area (Å²) >= 11 is 0. The van der Waals surface area contributed by atoms with Gasteiger partial charge in [0.15, 0.2) is 0 Å². The normalized spacial score (nSPS) is 10.9. The molecule has 3 amide bonds. The standard InChI is InChI=1S/C31H36N4O2/c1-3-4-19-35(31(37)33-27-16-14-24(2)15-17-27)23-30(36)34(22-25-10-6-5-7-11-25)20-18-26-21-32-29-13-9-8-12-28(26)29/h5-17,21,32H,3-4,18-20,22-23H2,1-2H3,(H,33,37). The number of aromatic nitrogens is 1. The number of amides is 3. The maximum absolute atomic E-state index is 13.6. The lowest BCUT2D eigenvalue weighted by atomic mass is 10.1. The number of hydrogen-bond acceptors (Lipinski definition) is 2. The number of nitrogens with zero attached hydrogens (tertiary/aromatic N) is 2. The van der Waals surface area contributed by atoms with Crippen LogP contribution in [0.3, 0.4) is 0 Å². The minimum atomic E-state index is -0.248. The lowest BCUT2D eigenvalue weighted by molar-refractivity contribution is -0.132. The molecular formula is C31H36N4O2. The maximum Gasteiger partial charge on any atom is 0.322 e. The van der Waals surface area contributed by atoms with Crippen LogP contribution in [-0.2, 0) is 17.8 Å². The van der Waals surface area contributed by atoms with Crippen LogP contribution in [0, 0.1) is 6.92 Å². The smallest absolute Gasteiger partial charge is 0.322 e. The van der Waals surface area contributed by atoms with Gasteiger partial charge < -0.3 is 20.1 Å². The predicted molar refractivity (Wildman–Crippen MR) is 151 cm³/mol. The van der Waals surface area contributed by atoms with Crippen LogP contribution in [0.15, 0.2) is 85.1 Å². The Morgan fingerprint density at radius 2 is 1.59 bits per heavy atom. The Labute approximate surface area is 219 Å². The average Bonchev–Trinajstić information content (AvgIpc) is 3.33. The van der Waals surface area contributed by atoms with Gasteiger partial charge >= 0.3 is 6.03 Å². The average molecular weight is 497 g/mol. The molecule has 6 heteroatoms. The Balaban J connectivity index is 1.48. The molecule has 0 spiro atoms. The molecule has 0 saturated heterocycles. The van der Waals surface area contributed by atoms with Crippen LogP contribution in [0.4, 0.5) is 10.5 Å². The maximum atomic E-state index is 13.6. The Morgan fingerprint density at radius 1 is 0.865 bits per heavy atom. The van der Waals surface area contributed by atoms with E-state index in [2.05, 4.69) is 29.4 Å². The van der Waals surface area contributed by atoms with Crippen LogP contribution in [0.1, 0.15) is 36.5 Å². The molecule has 4 rings (SSSR count). The van der Waals surface area contributed by atoms with Gasteiger partial charge in [-0.15, -0.1) is 0 Å². The molecule has 0 radical (unpaired) electrons. The van der Waals surface area contributed by atoms with Crippen LogP contribution >= 0.6 is 0 Å². The van der Waals surface area contributed by atoms with Crippen molar-refractivity contribution >= 4 is 28.5 Å².